The number of hydrogen-bond acceptors (Lipinski definition) is 3. The minimum absolute atomic E-state index is 0.0689. The third kappa shape index (κ3) is 3.36. The van der Waals surface area contributed by atoms with Crippen molar-refractivity contribution in [2.45, 2.75) is 31.7 Å². The first-order valence-electron chi connectivity index (χ1n) is 9.26. The van der Waals surface area contributed by atoms with Crippen molar-refractivity contribution in [3.63, 3.8) is 0 Å². The lowest BCUT2D eigenvalue weighted by atomic mass is 9.93. The van der Waals surface area contributed by atoms with Crippen LogP contribution in [-0.2, 0) is 9.59 Å². The van der Waals surface area contributed by atoms with Crippen molar-refractivity contribution in [2.75, 3.05) is 11.9 Å². The number of anilines is 1. The molecule has 26 heavy (non-hydrogen) atoms. The van der Waals surface area contributed by atoms with Crippen LogP contribution in [0.4, 0.5) is 5.69 Å². The molecule has 1 aromatic rings. The van der Waals surface area contributed by atoms with E-state index in [0.29, 0.717) is 35.5 Å². The first-order valence-corrected chi connectivity index (χ1v) is 9.26. The summed E-state index contributed by atoms with van der Waals surface area (Å²) < 4.78 is 0. The summed E-state index contributed by atoms with van der Waals surface area (Å²) in [6.07, 6.45) is 7.43. The van der Waals surface area contributed by atoms with Gasteiger partial charge < -0.3 is 16.0 Å². The van der Waals surface area contributed by atoms with Crippen molar-refractivity contribution in [3.05, 3.63) is 42.0 Å². The molecule has 4 atom stereocenters. The van der Waals surface area contributed by atoms with Crippen molar-refractivity contribution in [1.82, 2.24) is 10.6 Å². The third-order valence-electron chi connectivity index (χ3n) is 5.69. The van der Waals surface area contributed by atoms with E-state index in [1.54, 1.807) is 24.3 Å². The number of benzene rings is 1. The molecule has 6 heteroatoms. The molecule has 2 bridgehead atoms. The lowest BCUT2D eigenvalue weighted by molar-refractivity contribution is -0.122. The Kier molecular flexibility index (Phi) is 4.49. The second-order valence-corrected chi connectivity index (χ2v) is 7.44. The van der Waals surface area contributed by atoms with Crippen LogP contribution in [0.25, 0.3) is 0 Å². The average Bonchev–Trinajstić information content (AvgIpc) is 3.23. The Morgan fingerprint density at radius 2 is 2.00 bits per heavy atom. The summed E-state index contributed by atoms with van der Waals surface area (Å²) in [6, 6.07) is 6.19. The minimum Gasteiger partial charge on any atom is -0.356 e. The highest BCUT2D eigenvalue weighted by Gasteiger charge is 2.35. The van der Waals surface area contributed by atoms with E-state index in [4.69, 9.17) is 0 Å². The Morgan fingerprint density at radius 3 is 2.77 bits per heavy atom. The van der Waals surface area contributed by atoms with Crippen molar-refractivity contribution in [3.8, 4) is 0 Å². The summed E-state index contributed by atoms with van der Waals surface area (Å²) >= 11 is 0. The van der Waals surface area contributed by atoms with Crippen molar-refractivity contribution in [2.24, 2.45) is 17.8 Å². The van der Waals surface area contributed by atoms with Gasteiger partial charge in [-0.1, -0.05) is 24.3 Å². The maximum Gasteiger partial charge on any atom is 0.254 e. The highest BCUT2D eigenvalue weighted by Crippen LogP contribution is 2.42. The molecule has 1 aliphatic heterocycles. The molecule has 0 aromatic heterocycles. The van der Waals surface area contributed by atoms with Crippen LogP contribution in [0.2, 0.25) is 0 Å². The monoisotopic (exact) mass is 353 g/mol. The van der Waals surface area contributed by atoms with E-state index in [1.807, 2.05) is 0 Å². The van der Waals surface area contributed by atoms with Gasteiger partial charge in [0.2, 0.25) is 11.8 Å². The highest BCUT2D eigenvalue weighted by molar-refractivity contribution is 6.09. The fourth-order valence-electron chi connectivity index (χ4n) is 4.25. The highest BCUT2D eigenvalue weighted by atomic mass is 16.2. The van der Waals surface area contributed by atoms with Crippen LogP contribution in [-0.4, -0.2) is 30.3 Å². The first kappa shape index (κ1) is 16.8. The van der Waals surface area contributed by atoms with Crippen molar-refractivity contribution < 1.29 is 14.4 Å². The summed E-state index contributed by atoms with van der Waals surface area (Å²) in [7, 11) is 0. The van der Waals surface area contributed by atoms with Crippen LogP contribution in [0.1, 0.15) is 36.0 Å². The predicted molar refractivity (Wildman–Crippen MR) is 97.4 cm³/mol. The fourth-order valence-corrected chi connectivity index (χ4v) is 4.25. The lowest BCUT2D eigenvalue weighted by Crippen LogP contribution is -2.42. The quantitative estimate of drug-likeness (QED) is 0.706. The summed E-state index contributed by atoms with van der Waals surface area (Å²) in [6.45, 7) is 0.693. The number of carbonyl (C=O) groups excluding carboxylic acids is 3. The predicted octanol–water partition coefficient (Wildman–Crippen LogP) is 1.85. The first-order chi connectivity index (χ1) is 12.6. The second kappa shape index (κ2) is 6.94. The molecule has 3 N–H and O–H groups in total. The number of amides is 3. The Labute approximate surface area is 152 Å². The molecule has 1 fully saturated rings. The molecular formula is C20H23N3O3. The molecule has 0 saturated heterocycles. The van der Waals surface area contributed by atoms with Gasteiger partial charge in [0.25, 0.3) is 5.91 Å². The van der Waals surface area contributed by atoms with Crippen molar-refractivity contribution in [1.29, 1.82) is 0 Å². The Balaban J connectivity index is 1.27. The maximum absolute atomic E-state index is 12.3. The van der Waals surface area contributed by atoms with Gasteiger partial charge in [0.1, 0.15) is 6.04 Å². The Morgan fingerprint density at radius 1 is 1.15 bits per heavy atom. The van der Waals surface area contributed by atoms with Crippen LogP contribution >= 0.6 is 0 Å². The molecule has 4 rings (SSSR count). The number of rotatable bonds is 5. The number of hydrogen-bond donors (Lipinski definition) is 3. The number of carbonyl (C=O) groups is 3. The molecule has 3 aliphatic rings. The van der Waals surface area contributed by atoms with E-state index in [9.17, 15) is 14.4 Å². The molecule has 136 valence electrons. The minimum atomic E-state index is -0.703. The molecule has 0 spiro atoms. The molecule has 2 aliphatic carbocycles. The van der Waals surface area contributed by atoms with Crippen LogP contribution in [0.15, 0.2) is 36.4 Å². The lowest BCUT2D eigenvalue weighted by Gasteiger charge is -2.19. The smallest absolute Gasteiger partial charge is 0.254 e. The molecule has 3 unspecified atom stereocenters. The van der Waals surface area contributed by atoms with Gasteiger partial charge in [0.05, 0.1) is 11.3 Å². The largest absolute Gasteiger partial charge is 0.356 e. The van der Waals surface area contributed by atoms with E-state index in [0.717, 1.165) is 6.42 Å². The maximum atomic E-state index is 12.3. The van der Waals surface area contributed by atoms with E-state index >= 15 is 0 Å². The Bertz CT molecular complexity index is 773. The average molecular weight is 353 g/mol. The number of nitrogens with one attached hydrogen (secondary N) is 3. The van der Waals surface area contributed by atoms with Gasteiger partial charge in [-0.25, -0.2) is 0 Å². The van der Waals surface area contributed by atoms with E-state index in [2.05, 4.69) is 28.1 Å². The molecular weight excluding hydrogens is 330 g/mol. The van der Waals surface area contributed by atoms with Gasteiger partial charge in [0, 0.05) is 13.0 Å². The van der Waals surface area contributed by atoms with Crippen LogP contribution < -0.4 is 16.0 Å². The summed E-state index contributed by atoms with van der Waals surface area (Å²) in [5.74, 6) is 1.18. The molecule has 0 radical (unpaired) electrons. The number of para-hydroxylation sites is 1. The summed E-state index contributed by atoms with van der Waals surface area (Å²) in [5.41, 5.74) is 0.948. The molecule has 1 saturated carbocycles. The van der Waals surface area contributed by atoms with Gasteiger partial charge in [-0.3, -0.25) is 14.4 Å². The zero-order valence-electron chi connectivity index (χ0n) is 14.5. The van der Waals surface area contributed by atoms with Gasteiger partial charge in [-0.05, 0) is 49.1 Å². The second-order valence-electron chi connectivity index (χ2n) is 7.44. The molecule has 1 aromatic carbocycles. The van der Waals surface area contributed by atoms with E-state index < -0.39 is 6.04 Å². The van der Waals surface area contributed by atoms with Gasteiger partial charge in [-0.2, -0.15) is 0 Å². The van der Waals surface area contributed by atoms with Crippen LogP contribution in [0.3, 0.4) is 0 Å². The summed E-state index contributed by atoms with van der Waals surface area (Å²) in [4.78, 5) is 36.8. The van der Waals surface area contributed by atoms with E-state index in [1.165, 1.54) is 6.42 Å². The van der Waals surface area contributed by atoms with Gasteiger partial charge in [0.15, 0.2) is 0 Å². The van der Waals surface area contributed by atoms with Crippen molar-refractivity contribution >= 4 is 23.4 Å². The SMILES string of the molecule is O=C(CC[C@@H]1NC(=O)c2ccccc2NC1=O)NCC1CC2C=CC1C2. The van der Waals surface area contributed by atoms with Crippen LogP contribution in [0, 0.1) is 17.8 Å². The van der Waals surface area contributed by atoms with Crippen LogP contribution in [0.5, 0.6) is 0 Å². The molecule has 6 nitrogen and oxygen atoms in total. The topological polar surface area (TPSA) is 87.3 Å². The molecule has 1 heterocycles. The summed E-state index contributed by atoms with van der Waals surface area (Å²) in [5, 5.41) is 8.47. The standard InChI is InChI=1S/C20H23N3O3/c24-18(21-11-14-10-12-5-6-13(14)9-12)8-7-17-20(26)22-16-4-2-1-3-15(16)19(25)23-17/h1-6,12-14,17H,7-11H2,(H,21,24)(H,22,26)(H,23,25)/t12?,13?,14?,17-/m0/s1. The molecule has 3 amide bonds. The third-order valence-corrected chi connectivity index (χ3v) is 5.69. The van der Waals surface area contributed by atoms with E-state index in [-0.39, 0.29) is 30.6 Å². The Hall–Kier alpha value is -2.63. The zero-order chi connectivity index (χ0) is 18.1. The van der Waals surface area contributed by atoms with Gasteiger partial charge in [-0.15, -0.1) is 0 Å². The fraction of sp³-hybridized carbons (Fsp3) is 0.450. The van der Waals surface area contributed by atoms with Gasteiger partial charge >= 0.3 is 0 Å². The normalized spacial score (nSPS) is 28.9. The number of fused-ring (bicyclic) bond motifs is 3. The zero-order valence-corrected chi connectivity index (χ0v) is 14.5. The number of allylic oxidation sites excluding steroid dienone is 2.